The van der Waals surface area contributed by atoms with E-state index in [1.165, 1.54) is 18.2 Å². The monoisotopic (exact) mass is 441 g/mol. The molecule has 9 heteroatoms. The summed E-state index contributed by atoms with van der Waals surface area (Å²) in [4.78, 5) is 28.2. The minimum absolute atomic E-state index is 0.213. The van der Waals surface area contributed by atoms with Gasteiger partial charge in [-0.15, -0.1) is 0 Å². The van der Waals surface area contributed by atoms with Crippen LogP contribution in [0, 0.1) is 5.82 Å². The van der Waals surface area contributed by atoms with Gasteiger partial charge >= 0.3 is 0 Å². The summed E-state index contributed by atoms with van der Waals surface area (Å²) in [6.45, 7) is 3.30. The standard InChI is InChI=1S/C23H28FN5O3/c24-18-6-4-17(5-7-18)15-29-11-10-20(16-29)27-21-14-25-19(13-26-21)8-9-22(30)28-32-23-3-1-2-12-31-23/h4-9,13-14,20,23H,1-3,10-12,15-16H2,(H,26,27)(H,28,30)/b9-8+/t20-,23?/m1/s1. The van der Waals surface area contributed by atoms with E-state index in [0.717, 1.165) is 50.9 Å². The molecule has 1 amide bonds. The Labute approximate surface area is 186 Å². The molecule has 2 aliphatic rings. The molecule has 8 nitrogen and oxygen atoms in total. The first-order valence-corrected chi connectivity index (χ1v) is 10.9. The zero-order valence-corrected chi connectivity index (χ0v) is 17.9. The number of hydroxylamine groups is 1. The van der Waals surface area contributed by atoms with Crippen LogP contribution >= 0.6 is 0 Å². The van der Waals surface area contributed by atoms with Gasteiger partial charge in [0, 0.05) is 44.8 Å². The van der Waals surface area contributed by atoms with E-state index in [1.54, 1.807) is 18.5 Å². The lowest BCUT2D eigenvalue weighted by atomic mass is 10.2. The molecule has 0 radical (unpaired) electrons. The first-order valence-electron chi connectivity index (χ1n) is 10.9. The van der Waals surface area contributed by atoms with Crippen LogP contribution in [0.25, 0.3) is 6.08 Å². The van der Waals surface area contributed by atoms with Gasteiger partial charge in [-0.25, -0.2) is 19.7 Å². The summed E-state index contributed by atoms with van der Waals surface area (Å²) in [6, 6.07) is 6.91. The maximum Gasteiger partial charge on any atom is 0.267 e. The number of halogens is 1. The van der Waals surface area contributed by atoms with E-state index >= 15 is 0 Å². The average Bonchev–Trinajstić information content (AvgIpc) is 3.26. The summed E-state index contributed by atoms with van der Waals surface area (Å²) in [5, 5.41) is 3.40. The number of nitrogens with zero attached hydrogens (tertiary/aromatic N) is 3. The van der Waals surface area contributed by atoms with Crippen molar-refractivity contribution in [2.75, 3.05) is 25.0 Å². The predicted molar refractivity (Wildman–Crippen MR) is 118 cm³/mol. The molecule has 1 aromatic carbocycles. The predicted octanol–water partition coefficient (Wildman–Crippen LogP) is 2.89. The van der Waals surface area contributed by atoms with E-state index < -0.39 is 0 Å². The largest absolute Gasteiger partial charge is 0.365 e. The van der Waals surface area contributed by atoms with Crippen LogP contribution < -0.4 is 10.8 Å². The van der Waals surface area contributed by atoms with Gasteiger partial charge in [-0.3, -0.25) is 14.7 Å². The Morgan fingerprint density at radius 2 is 2.09 bits per heavy atom. The molecule has 4 rings (SSSR count). The number of anilines is 1. The molecule has 0 bridgehead atoms. The first-order chi connectivity index (χ1) is 15.6. The molecular weight excluding hydrogens is 413 g/mol. The van der Waals surface area contributed by atoms with Crippen molar-refractivity contribution in [1.29, 1.82) is 0 Å². The average molecular weight is 442 g/mol. The van der Waals surface area contributed by atoms with Crippen LogP contribution in [0.3, 0.4) is 0 Å². The third-order valence-electron chi connectivity index (χ3n) is 5.45. The fourth-order valence-electron chi connectivity index (χ4n) is 3.77. The van der Waals surface area contributed by atoms with Gasteiger partial charge in [0.1, 0.15) is 11.6 Å². The third-order valence-corrected chi connectivity index (χ3v) is 5.45. The third kappa shape index (κ3) is 6.81. The van der Waals surface area contributed by atoms with Crippen molar-refractivity contribution in [3.63, 3.8) is 0 Å². The van der Waals surface area contributed by atoms with Gasteiger partial charge in [0.05, 0.1) is 18.1 Å². The summed E-state index contributed by atoms with van der Waals surface area (Å²) in [5.74, 6) is 0.1000. The molecule has 1 aromatic heterocycles. The highest BCUT2D eigenvalue weighted by atomic mass is 19.1. The number of aromatic nitrogens is 2. The van der Waals surface area contributed by atoms with Crippen LogP contribution in [0.2, 0.25) is 0 Å². The number of amides is 1. The van der Waals surface area contributed by atoms with Crippen LogP contribution in [0.5, 0.6) is 0 Å². The Bertz CT molecular complexity index is 901. The van der Waals surface area contributed by atoms with Crippen molar-refractivity contribution in [2.24, 2.45) is 0 Å². The van der Waals surface area contributed by atoms with Gasteiger partial charge < -0.3 is 10.1 Å². The number of rotatable bonds is 8. The zero-order chi connectivity index (χ0) is 22.2. The van der Waals surface area contributed by atoms with Crippen molar-refractivity contribution >= 4 is 17.8 Å². The smallest absolute Gasteiger partial charge is 0.267 e. The maximum atomic E-state index is 13.1. The van der Waals surface area contributed by atoms with Crippen molar-refractivity contribution < 1.29 is 18.8 Å². The molecule has 2 fully saturated rings. The highest BCUT2D eigenvalue weighted by Gasteiger charge is 2.22. The summed E-state index contributed by atoms with van der Waals surface area (Å²) in [5.41, 5.74) is 4.05. The molecule has 0 aliphatic carbocycles. The molecule has 32 heavy (non-hydrogen) atoms. The Morgan fingerprint density at radius 1 is 1.22 bits per heavy atom. The lowest BCUT2D eigenvalue weighted by Gasteiger charge is -2.21. The van der Waals surface area contributed by atoms with Crippen LogP contribution in [0.4, 0.5) is 10.2 Å². The van der Waals surface area contributed by atoms with Crippen LogP contribution in [-0.2, 0) is 20.9 Å². The van der Waals surface area contributed by atoms with Crippen molar-refractivity contribution in [1.82, 2.24) is 20.3 Å². The number of hydrogen-bond acceptors (Lipinski definition) is 7. The zero-order valence-electron chi connectivity index (χ0n) is 17.9. The number of ether oxygens (including phenoxy) is 1. The van der Waals surface area contributed by atoms with Gasteiger partial charge in [-0.05, 0) is 43.0 Å². The van der Waals surface area contributed by atoms with E-state index in [0.29, 0.717) is 18.1 Å². The van der Waals surface area contributed by atoms with E-state index in [4.69, 9.17) is 9.57 Å². The Balaban J connectivity index is 1.19. The second-order valence-electron chi connectivity index (χ2n) is 8.03. The first kappa shape index (κ1) is 22.3. The van der Waals surface area contributed by atoms with E-state index in [9.17, 15) is 9.18 Å². The lowest BCUT2D eigenvalue weighted by Crippen LogP contribution is -2.32. The summed E-state index contributed by atoms with van der Waals surface area (Å²) >= 11 is 0. The molecule has 0 spiro atoms. The second-order valence-corrected chi connectivity index (χ2v) is 8.03. The quantitative estimate of drug-likeness (QED) is 0.481. The number of nitrogens with one attached hydrogen (secondary N) is 2. The van der Waals surface area contributed by atoms with Crippen LogP contribution in [0.15, 0.2) is 42.7 Å². The van der Waals surface area contributed by atoms with Crippen molar-refractivity contribution in [2.45, 2.75) is 44.6 Å². The Hall–Kier alpha value is -2.88. The fraction of sp³-hybridized carbons (Fsp3) is 0.435. The van der Waals surface area contributed by atoms with Gasteiger partial charge in [0.25, 0.3) is 5.91 Å². The molecule has 2 aliphatic heterocycles. The van der Waals surface area contributed by atoms with Crippen LogP contribution in [-0.4, -0.2) is 52.8 Å². The SMILES string of the molecule is O=C(/C=C/c1cnc(N[C@@H]2CCN(Cc3ccc(F)cc3)C2)cn1)NOC1CCCCO1. The maximum absolute atomic E-state index is 13.1. The highest BCUT2D eigenvalue weighted by molar-refractivity contribution is 5.90. The number of carbonyl (C=O) groups is 1. The number of likely N-dealkylation sites (tertiary alicyclic amines) is 1. The Morgan fingerprint density at radius 3 is 2.84 bits per heavy atom. The molecule has 2 N–H and O–H groups in total. The molecule has 170 valence electrons. The van der Waals surface area contributed by atoms with Crippen molar-refractivity contribution in [3.05, 3.63) is 59.8 Å². The topological polar surface area (TPSA) is 88.6 Å². The van der Waals surface area contributed by atoms with Gasteiger partial charge in [0.2, 0.25) is 0 Å². The molecule has 2 saturated heterocycles. The number of carbonyl (C=O) groups excluding carboxylic acids is 1. The van der Waals surface area contributed by atoms with E-state index in [-0.39, 0.29) is 24.1 Å². The summed E-state index contributed by atoms with van der Waals surface area (Å²) in [6.07, 6.45) is 9.64. The molecule has 0 saturated carbocycles. The highest BCUT2D eigenvalue weighted by Crippen LogP contribution is 2.17. The van der Waals surface area contributed by atoms with Gasteiger partial charge in [-0.1, -0.05) is 12.1 Å². The molecular formula is C23H28FN5O3. The van der Waals surface area contributed by atoms with Gasteiger partial charge in [-0.2, -0.15) is 0 Å². The van der Waals surface area contributed by atoms with E-state index in [1.807, 2.05) is 12.1 Å². The lowest BCUT2D eigenvalue weighted by molar-refractivity contribution is -0.198. The number of benzene rings is 1. The van der Waals surface area contributed by atoms with E-state index in [2.05, 4.69) is 25.7 Å². The normalized spacial score (nSPS) is 21.7. The number of hydrogen-bond donors (Lipinski definition) is 2. The summed E-state index contributed by atoms with van der Waals surface area (Å²) in [7, 11) is 0. The van der Waals surface area contributed by atoms with Crippen molar-refractivity contribution in [3.8, 4) is 0 Å². The second kappa shape index (κ2) is 11.1. The minimum atomic E-state index is -0.381. The Kier molecular flexibility index (Phi) is 7.76. The van der Waals surface area contributed by atoms with Crippen LogP contribution in [0.1, 0.15) is 36.9 Å². The fourth-order valence-corrected chi connectivity index (χ4v) is 3.77. The molecule has 3 heterocycles. The minimum Gasteiger partial charge on any atom is -0.365 e. The molecule has 1 unspecified atom stereocenters. The van der Waals surface area contributed by atoms with Gasteiger partial charge in [0.15, 0.2) is 6.29 Å². The summed E-state index contributed by atoms with van der Waals surface area (Å²) < 4.78 is 18.4. The molecule has 2 atom stereocenters. The molecule has 2 aromatic rings.